The lowest BCUT2D eigenvalue weighted by Gasteiger charge is -2.51. The Morgan fingerprint density at radius 3 is 2.54 bits per heavy atom. The third-order valence-corrected chi connectivity index (χ3v) is 9.77. The highest BCUT2D eigenvalue weighted by molar-refractivity contribution is 6.07. The lowest BCUT2D eigenvalue weighted by atomic mass is 9.84. The largest absolute Gasteiger partial charge is 0.491 e. The van der Waals surface area contributed by atoms with Crippen molar-refractivity contribution in [1.29, 1.82) is 0 Å². The number of carbonyl (C=O) groups is 2. The quantitative estimate of drug-likeness (QED) is 0.517. The predicted octanol–water partition coefficient (Wildman–Crippen LogP) is 4.26. The average molecular weight is 562 g/mol. The van der Waals surface area contributed by atoms with Gasteiger partial charge in [0.05, 0.1) is 18.5 Å². The number of hydrogen-bond donors (Lipinski definition) is 2. The van der Waals surface area contributed by atoms with Crippen molar-refractivity contribution in [1.82, 2.24) is 20.2 Å². The highest BCUT2D eigenvalue weighted by Crippen LogP contribution is 2.46. The van der Waals surface area contributed by atoms with E-state index in [0.29, 0.717) is 30.3 Å². The standard InChI is InChI=1S/C31H43N7O3/c1-5-31(6-2)29(40)37(4)25-19-32-30(35-27(25)38(31)21-9-7-8-10-21)34-24-12-11-23(22-15-18-41-26(22)24)28(39)33-20-13-16-36(3)17-14-20/h11-12,19-21H,5-10,13-18H2,1-4H3,(H,33,39)(H,32,34,35). The van der Waals surface area contributed by atoms with Crippen LogP contribution < -0.4 is 25.2 Å². The first-order valence-electron chi connectivity index (χ1n) is 15.4. The predicted molar refractivity (Wildman–Crippen MR) is 160 cm³/mol. The minimum absolute atomic E-state index is 0.0340. The number of nitrogens with one attached hydrogen (secondary N) is 2. The van der Waals surface area contributed by atoms with Crippen LogP contribution in [0.1, 0.15) is 81.1 Å². The molecule has 6 rings (SSSR count). The summed E-state index contributed by atoms with van der Waals surface area (Å²) in [5.74, 6) is 2.04. The number of fused-ring (bicyclic) bond motifs is 2. The maximum atomic E-state index is 13.7. The molecule has 1 aliphatic carbocycles. The number of likely N-dealkylation sites (tertiary alicyclic amines) is 1. The Balaban J connectivity index is 1.30. The Labute approximate surface area is 242 Å². The van der Waals surface area contributed by atoms with Crippen LogP contribution in [0.15, 0.2) is 18.3 Å². The first-order valence-corrected chi connectivity index (χ1v) is 15.4. The average Bonchev–Trinajstić information content (AvgIpc) is 3.69. The molecular weight excluding hydrogens is 518 g/mol. The van der Waals surface area contributed by atoms with Crippen molar-refractivity contribution in [3.63, 3.8) is 0 Å². The van der Waals surface area contributed by atoms with E-state index in [1.807, 2.05) is 19.2 Å². The minimum atomic E-state index is -0.616. The molecule has 2 N–H and O–H groups in total. The van der Waals surface area contributed by atoms with Gasteiger partial charge in [0.1, 0.15) is 17.0 Å². The van der Waals surface area contributed by atoms with Crippen molar-refractivity contribution in [2.75, 3.05) is 48.9 Å². The zero-order valence-corrected chi connectivity index (χ0v) is 24.8. The van der Waals surface area contributed by atoms with E-state index in [1.165, 1.54) is 12.8 Å². The number of carbonyl (C=O) groups excluding carboxylic acids is 2. The molecule has 0 bridgehead atoms. The molecule has 41 heavy (non-hydrogen) atoms. The molecule has 10 nitrogen and oxygen atoms in total. The van der Waals surface area contributed by atoms with Crippen LogP contribution in [-0.2, 0) is 11.2 Å². The fourth-order valence-electron chi connectivity index (χ4n) is 7.29. The van der Waals surface area contributed by atoms with E-state index in [4.69, 9.17) is 9.72 Å². The Morgan fingerprint density at radius 1 is 1.10 bits per heavy atom. The molecule has 0 atom stereocenters. The molecule has 2 aromatic rings. The lowest BCUT2D eigenvalue weighted by Crippen LogP contribution is -2.65. The normalized spacial score (nSPS) is 21.0. The van der Waals surface area contributed by atoms with Gasteiger partial charge in [-0.1, -0.05) is 26.7 Å². The van der Waals surface area contributed by atoms with Crippen molar-refractivity contribution >= 4 is 35.0 Å². The monoisotopic (exact) mass is 561 g/mol. The molecule has 1 saturated carbocycles. The van der Waals surface area contributed by atoms with Gasteiger partial charge in [-0.3, -0.25) is 9.59 Å². The molecule has 2 amide bonds. The number of rotatable bonds is 7. The van der Waals surface area contributed by atoms with E-state index in [9.17, 15) is 9.59 Å². The molecule has 2 fully saturated rings. The van der Waals surface area contributed by atoms with Crippen molar-refractivity contribution in [2.24, 2.45) is 0 Å². The van der Waals surface area contributed by atoms with E-state index in [1.54, 1.807) is 11.1 Å². The van der Waals surface area contributed by atoms with Crippen LogP contribution in [0.5, 0.6) is 5.75 Å². The van der Waals surface area contributed by atoms with Crippen LogP contribution in [0.4, 0.5) is 23.1 Å². The third kappa shape index (κ3) is 4.79. The maximum Gasteiger partial charge on any atom is 0.252 e. The van der Waals surface area contributed by atoms with E-state index in [0.717, 1.165) is 74.4 Å². The number of aromatic nitrogens is 2. The van der Waals surface area contributed by atoms with Crippen LogP contribution in [0.25, 0.3) is 0 Å². The summed E-state index contributed by atoms with van der Waals surface area (Å²) >= 11 is 0. The lowest BCUT2D eigenvalue weighted by molar-refractivity contribution is -0.124. The summed E-state index contributed by atoms with van der Waals surface area (Å²) in [6.07, 6.45) is 10.3. The number of anilines is 4. The molecule has 4 heterocycles. The van der Waals surface area contributed by atoms with Crippen molar-refractivity contribution in [3.8, 4) is 5.75 Å². The molecule has 3 aliphatic heterocycles. The summed E-state index contributed by atoms with van der Waals surface area (Å²) in [7, 11) is 3.95. The number of benzene rings is 1. The molecule has 0 spiro atoms. The molecule has 1 saturated heterocycles. The second-order valence-corrected chi connectivity index (χ2v) is 12.1. The first kappa shape index (κ1) is 27.8. The van der Waals surface area contributed by atoms with E-state index < -0.39 is 5.54 Å². The van der Waals surface area contributed by atoms with Gasteiger partial charge in [-0.15, -0.1) is 0 Å². The van der Waals surface area contributed by atoms with Gasteiger partial charge in [-0.25, -0.2) is 4.98 Å². The number of ether oxygens (including phenoxy) is 1. The van der Waals surface area contributed by atoms with Gasteiger partial charge in [0.25, 0.3) is 11.8 Å². The Hall–Kier alpha value is -3.40. The van der Waals surface area contributed by atoms with Crippen LogP contribution >= 0.6 is 0 Å². The fraction of sp³-hybridized carbons (Fsp3) is 0.613. The van der Waals surface area contributed by atoms with Gasteiger partial charge >= 0.3 is 0 Å². The second kappa shape index (κ2) is 11.1. The molecule has 1 aromatic carbocycles. The zero-order chi connectivity index (χ0) is 28.7. The Kier molecular flexibility index (Phi) is 7.52. The van der Waals surface area contributed by atoms with Crippen LogP contribution in [0.2, 0.25) is 0 Å². The van der Waals surface area contributed by atoms with Crippen molar-refractivity contribution in [3.05, 3.63) is 29.5 Å². The van der Waals surface area contributed by atoms with Gasteiger partial charge in [0.2, 0.25) is 5.95 Å². The number of nitrogens with zero attached hydrogens (tertiary/aromatic N) is 5. The molecule has 0 unspecified atom stereocenters. The van der Waals surface area contributed by atoms with Crippen molar-refractivity contribution in [2.45, 2.75) is 89.3 Å². The summed E-state index contributed by atoms with van der Waals surface area (Å²) in [6, 6.07) is 4.26. The molecule has 0 radical (unpaired) electrons. The highest BCUT2D eigenvalue weighted by atomic mass is 16.5. The summed E-state index contributed by atoms with van der Waals surface area (Å²) in [6.45, 7) is 6.73. The van der Waals surface area contributed by atoms with Gasteiger partial charge in [0.15, 0.2) is 5.82 Å². The molecular formula is C31H43N7O3. The number of likely N-dealkylation sites (N-methyl/N-ethyl adjacent to an activating group) is 1. The summed E-state index contributed by atoms with van der Waals surface area (Å²) in [4.78, 5) is 43.0. The second-order valence-electron chi connectivity index (χ2n) is 12.1. The molecule has 1 aromatic heterocycles. The van der Waals surface area contributed by atoms with E-state index in [2.05, 4.69) is 46.3 Å². The first-order chi connectivity index (χ1) is 19.9. The molecule has 4 aliphatic rings. The topological polar surface area (TPSA) is 103 Å². The Bertz CT molecular complexity index is 1310. The zero-order valence-electron chi connectivity index (χ0n) is 24.8. The smallest absolute Gasteiger partial charge is 0.252 e. The van der Waals surface area contributed by atoms with Gasteiger partial charge in [0, 0.05) is 36.7 Å². The van der Waals surface area contributed by atoms with E-state index >= 15 is 0 Å². The van der Waals surface area contributed by atoms with Gasteiger partial charge in [-0.2, -0.15) is 4.98 Å². The summed E-state index contributed by atoms with van der Waals surface area (Å²) < 4.78 is 6.04. The number of hydrogen-bond acceptors (Lipinski definition) is 8. The van der Waals surface area contributed by atoms with Crippen LogP contribution in [-0.4, -0.2) is 78.1 Å². The molecule has 220 valence electrons. The fourth-order valence-corrected chi connectivity index (χ4v) is 7.29. The van der Waals surface area contributed by atoms with Gasteiger partial charge in [-0.05, 0) is 70.8 Å². The van der Waals surface area contributed by atoms with Gasteiger partial charge < -0.3 is 30.1 Å². The summed E-state index contributed by atoms with van der Waals surface area (Å²) in [5, 5.41) is 6.64. The number of amides is 2. The van der Waals surface area contributed by atoms with Crippen molar-refractivity contribution < 1.29 is 14.3 Å². The van der Waals surface area contributed by atoms with Crippen LogP contribution in [0, 0.1) is 0 Å². The minimum Gasteiger partial charge on any atom is -0.491 e. The number of piperidine rings is 1. The molecule has 10 heteroatoms. The van der Waals surface area contributed by atoms with E-state index in [-0.39, 0.29) is 23.9 Å². The Morgan fingerprint density at radius 2 is 1.83 bits per heavy atom. The summed E-state index contributed by atoms with van der Waals surface area (Å²) in [5.41, 5.74) is 2.48. The highest BCUT2D eigenvalue weighted by Gasteiger charge is 2.51. The van der Waals surface area contributed by atoms with Crippen LogP contribution in [0.3, 0.4) is 0 Å². The maximum absolute atomic E-state index is 13.7. The third-order valence-electron chi connectivity index (χ3n) is 9.77. The SMILES string of the molecule is CCC1(CC)C(=O)N(C)c2cnc(Nc3ccc(C(=O)NC4CCN(C)CC4)c4c3OCC4)nc2N1C1CCCC1.